The summed E-state index contributed by atoms with van der Waals surface area (Å²) in [5, 5.41) is 9.97. The van der Waals surface area contributed by atoms with Crippen LogP contribution < -0.4 is 4.90 Å². The fourth-order valence-corrected chi connectivity index (χ4v) is 11.4. The first-order valence-corrected chi connectivity index (χ1v) is 25.5. The van der Waals surface area contributed by atoms with Gasteiger partial charge in [0, 0.05) is 38.9 Å². The van der Waals surface area contributed by atoms with E-state index in [4.69, 9.17) is 0 Å². The van der Waals surface area contributed by atoms with Crippen LogP contribution in [0.2, 0.25) is 0 Å². The molecule has 0 aliphatic heterocycles. The van der Waals surface area contributed by atoms with Gasteiger partial charge in [0.1, 0.15) is 0 Å². The normalized spacial score (nSPS) is 11.5. The van der Waals surface area contributed by atoms with Crippen molar-refractivity contribution in [1.82, 2.24) is 4.57 Å². The molecule has 14 aromatic rings. The highest BCUT2D eigenvalue weighted by atomic mass is 15.1. The quantitative estimate of drug-likeness (QED) is 0.131. The van der Waals surface area contributed by atoms with Crippen molar-refractivity contribution in [2.24, 2.45) is 0 Å². The second-order valence-corrected chi connectivity index (χ2v) is 19.3. The lowest BCUT2D eigenvalue weighted by atomic mass is 9.93. The Morgan fingerprint density at radius 3 is 1.42 bits per heavy atom. The topological polar surface area (TPSA) is 8.17 Å². The van der Waals surface area contributed by atoms with Crippen LogP contribution in [0.4, 0.5) is 17.1 Å². The van der Waals surface area contributed by atoms with E-state index in [0.29, 0.717) is 0 Å². The van der Waals surface area contributed by atoms with Gasteiger partial charge in [-0.25, -0.2) is 0 Å². The van der Waals surface area contributed by atoms with E-state index < -0.39 is 0 Å². The van der Waals surface area contributed by atoms with Crippen LogP contribution in [0.3, 0.4) is 0 Å². The van der Waals surface area contributed by atoms with Gasteiger partial charge in [-0.05, 0) is 161 Å². The molecule has 1 aromatic heterocycles. The number of benzene rings is 13. The van der Waals surface area contributed by atoms with Crippen LogP contribution in [-0.2, 0) is 0 Å². The molecule has 0 spiro atoms. The summed E-state index contributed by atoms with van der Waals surface area (Å²) in [5.74, 6) is 0. The van der Waals surface area contributed by atoms with E-state index in [-0.39, 0.29) is 0 Å². The molecule has 0 aliphatic rings. The number of nitrogens with zero attached hydrogens (tertiary/aromatic N) is 2. The zero-order valence-electron chi connectivity index (χ0n) is 40.6. The van der Waals surface area contributed by atoms with Crippen LogP contribution in [0.15, 0.2) is 291 Å². The SMILES string of the molecule is c1ccc(-c2cc(-c3ccccc3)cc(-c3ccc(N(c4ccc(-c5cc6ccccc6c6ccccc56)cc4)c4cccc(-c5cccc6c5c5ccc7ccccc7c5n6-c5ccccc5)c4)cc3)c2)cc1. The van der Waals surface area contributed by atoms with Crippen molar-refractivity contribution < 1.29 is 0 Å². The van der Waals surface area contributed by atoms with Crippen molar-refractivity contribution in [3.63, 3.8) is 0 Å². The van der Waals surface area contributed by atoms with E-state index >= 15 is 0 Å². The van der Waals surface area contributed by atoms with Gasteiger partial charge in [0.2, 0.25) is 0 Å². The minimum atomic E-state index is 1.07. The Kier molecular flexibility index (Phi) is 10.6. The van der Waals surface area contributed by atoms with E-state index in [1.807, 2.05) is 0 Å². The predicted molar refractivity (Wildman–Crippen MR) is 315 cm³/mol. The first-order valence-electron chi connectivity index (χ1n) is 25.5. The molecule has 0 bridgehead atoms. The lowest BCUT2D eigenvalue weighted by Gasteiger charge is -2.27. The van der Waals surface area contributed by atoms with Gasteiger partial charge < -0.3 is 9.47 Å². The van der Waals surface area contributed by atoms with Gasteiger partial charge in [-0.1, -0.05) is 212 Å². The van der Waals surface area contributed by atoms with Gasteiger partial charge in [0.05, 0.1) is 11.0 Å². The van der Waals surface area contributed by atoms with Crippen molar-refractivity contribution in [2.75, 3.05) is 4.90 Å². The van der Waals surface area contributed by atoms with E-state index in [1.54, 1.807) is 0 Å². The molecule has 0 amide bonds. The van der Waals surface area contributed by atoms with Crippen LogP contribution in [0.1, 0.15) is 0 Å². The molecule has 13 aromatic carbocycles. The van der Waals surface area contributed by atoms with E-state index in [1.165, 1.54) is 98.6 Å². The van der Waals surface area contributed by atoms with Crippen molar-refractivity contribution in [3.05, 3.63) is 291 Å². The van der Waals surface area contributed by atoms with Crippen molar-refractivity contribution in [1.29, 1.82) is 0 Å². The second-order valence-electron chi connectivity index (χ2n) is 19.3. The zero-order valence-corrected chi connectivity index (χ0v) is 40.6. The molecule has 0 saturated heterocycles. The third-order valence-electron chi connectivity index (χ3n) is 14.9. The number of hydrogen-bond donors (Lipinski definition) is 0. The second kappa shape index (κ2) is 18.1. The molecule has 0 atom stereocenters. The van der Waals surface area contributed by atoms with Gasteiger partial charge in [-0.3, -0.25) is 0 Å². The maximum Gasteiger partial charge on any atom is 0.0619 e. The number of aromatic nitrogens is 1. The maximum atomic E-state index is 2.45. The molecular weight excluding hydrogens is 893 g/mol. The molecule has 0 fully saturated rings. The molecule has 0 aliphatic carbocycles. The Hall–Kier alpha value is -9.76. The highest BCUT2D eigenvalue weighted by Gasteiger charge is 2.21. The fourth-order valence-electron chi connectivity index (χ4n) is 11.4. The van der Waals surface area contributed by atoms with Crippen LogP contribution in [0.5, 0.6) is 0 Å². The van der Waals surface area contributed by atoms with Crippen molar-refractivity contribution in [2.45, 2.75) is 0 Å². The van der Waals surface area contributed by atoms with Crippen LogP contribution in [0, 0.1) is 0 Å². The monoisotopic (exact) mass is 940 g/mol. The number of anilines is 3. The molecule has 2 heteroatoms. The summed E-state index contributed by atoms with van der Waals surface area (Å²) in [6.45, 7) is 0. The molecule has 2 nitrogen and oxygen atoms in total. The maximum absolute atomic E-state index is 2.45. The molecule has 0 N–H and O–H groups in total. The van der Waals surface area contributed by atoms with E-state index in [0.717, 1.165) is 33.9 Å². The van der Waals surface area contributed by atoms with Crippen LogP contribution in [0.25, 0.3) is 115 Å². The Bertz CT molecular complexity index is 4330. The lowest BCUT2D eigenvalue weighted by Crippen LogP contribution is -2.10. The molecule has 14 rings (SSSR count). The Morgan fingerprint density at radius 2 is 0.757 bits per heavy atom. The summed E-state index contributed by atoms with van der Waals surface area (Å²) in [7, 11) is 0. The Morgan fingerprint density at radius 1 is 0.243 bits per heavy atom. The summed E-state index contributed by atoms with van der Waals surface area (Å²) in [5.41, 5.74) is 18.6. The van der Waals surface area contributed by atoms with E-state index in [9.17, 15) is 0 Å². The van der Waals surface area contributed by atoms with Gasteiger partial charge in [-0.2, -0.15) is 0 Å². The Balaban J connectivity index is 0.928. The van der Waals surface area contributed by atoms with Crippen LogP contribution in [-0.4, -0.2) is 4.57 Å². The van der Waals surface area contributed by atoms with E-state index in [2.05, 4.69) is 301 Å². The number of hydrogen-bond acceptors (Lipinski definition) is 1. The zero-order chi connectivity index (χ0) is 49.0. The average molecular weight is 941 g/mol. The minimum absolute atomic E-state index is 1.07. The average Bonchev–Trinajstić information content (AvgIpc) is 3.84. The van der Waals surface area contributed by atoms with Gasteiger partial charge >= 0.3 is 0 Å². The van der Waals surface area contributed by atoms with Gasteiger partial charge in [0.15, 0.2) is 0 Å². The number of para-hydroxylation sites is 1. The molecule has 1 heterocycles. The van der Waals surface area contributed by atoms with Crippen molar-refractivity contribution >= 4 is 71.2 Å². The fraction of sp³-hybridized carbons (Fsp3) is 0. The Labute approximate surface area is 430 Å². The molecule has 74 heavy (non-hydrogen) atoms. The third-order valence-corrected chi connectivity index (χ3v) is 14.9. The van der Waals surface area contributed by atoms with Crippen molar-refractivity contribution in [3.8, 4) is 61.3 Å². The van der Waals surface area contributed by atoms with Crippen LogP contribution >= 0.6 is 0 Å². The highest BCUT2D eigenvalue weighted by Crippen LogP contribution is 2.45. The lowest BCUT2D eigenvalue weighted by molar-refractivity contribution is 1.19. The summed E-state index contributed by atoms with van der Waals surface area (Å²) in [6.07, 6.45) is 0. The first-order chi connectivity index (χ1) is 36.7. The molecular formula is C72H48N2. The predicted octanol–water partition coefficient (Wildman–Crippen LogP) is 20.0. The van der Waals surface area contributed by atoms with Gasteiger partial charge in [0.25, 0.3) is 0 Å². The minimum Gasteiger partial charge on any atom is -0.310 e. The standard InChI is InChI=1S/C72H48N2/c1-4-18-49(19-5-1)56-44-57(50-20-6-2-7-21-50)46-58(45-56)51-34-39-60(40-35-51)73(61-41-36-53(37-42-61)69-48-55-23-11-12-28-63(55)66-30-14-15-31-67(66)69)62-27-16-24-54(47-62)64-32-17-33-70-71(64)68-43-38-52-22-10-13-29-65(52)72(68)74(70)59-25-8-3-9-26-59/h1-48H. The third kappa shape index (κ3) is 7.52. The summed E-state index contributed by atoms with van der Waals surface area (Å²) in [4.78, 5) is 2.41. The smallest absolute Gasteiger partial charge is 0.0619 e. The summed E-state index contributed by atoms with van der Waals surface area (Å²) >= 11 is 0. The number of rotatable bonds is 9. The summed E-state index contributed by atoms with van der Waals surface area (Å²) < 4.78 is 2.45. The first kappa shape index (κ1) is 43.1. The molecule has 0 saturated carbocycles. The largest absolute Gasteiger partial charge is 0.310 e. The summed E-state index contributed by atoms with van der Waals surface area (Å²) in [6, 6.07) is 107. The van der Waals surface area contributed by atoms with Gasteiger partial charge in [-0.15, -0.1) is 0 Å². The molecule has 0 unspecified atom stereocenters. The number of fused-ring (bicyclic) bond motifs is 8. The molecule has 346 valence electrons. The molecule has 0 radical (unpaired) electrons. The highest BCUT2D eigenvalue weighted by molar-refractivity contribution is 6.22.